The van der Waals surface area contributed by atoms with E-state index in [1.54, 1.807) is 12.1 Å². The van der Waals surface area contributed by atoms with Gasteiger partial charge in [0.05, 0.1) is 4.90 Å². The normalized spacial score (nSPS) is 17.3. The number of benzene rings is 2. The molecule has 4 rings (SSSR count). The second-order valence-electron chi connectivity index (χ2n) is 7.82. The predicted molar refractivity (Wildman–Crippen MR) is 116 cm³/mol. The van der Waals surface area contributed by atoms with Crippen LogP contribution in [0.5, 0.6) is 11.5 Å². The van der Waals surface area contributed by atoms with Gasteiger partial charge in [-0.15, -0.1) is 0 Å². The van der Waals surface area contributed by atoms with Crippen LogP contribution in [0.25, 0.3) is 0 Å². The fraction of sp³-hybridized carbons (Fsp3) is 0.409. The number of fused-ring (bicyclic) bond motifs is 2. The van der Waals surface area contributed by atoms with Crippen molar-refractivity contribution < 1.29 is 40.4 Å². The summed E-state index contributed by atoms with van der Waals surface area (Å²) >= 11 is 0. The van der Waals surface area contributed by atoms with Gasteiger partial charge in [0.1, 0.15) is 0 Å². The summed E-state index contributed by atoms with van der Waals surface area (Å²) in [7, 11) is -4.19. The zero-order valence-electron chi connectivity index (χ0n) is 18.3. The highest BCUT2D eigenvalue weighted by atomic mass is 32.2. The SMILES string of the molecule is CCCc1c2c(cc3c1OCO3)C(c1ccc(S(=O)(=O)O)cc1)CNCC2.NC(=O)C(F)(F)F. The highest BCUT2D eigenvalue weighted by Crippen LogP contribution is 2.44. The quantitative estimate of drug-likeness (QED) is 0.549. The van der Waals surface area contributed by atoms with E-state index in [2.05, 4.69) is 24.0 Å². The van der Waals surface area contributed by atoms with Crippen molar-refractivity contribution in [1.82, 2.24) is 5.32 Å². The van der Waals surface area contributed by atoms with Gasteiger partial charge in [0.2, 0.25) is 6.79 Å². The summed E-state index contributed by atoms with van der Waals surface area (Å²) in [6, 6.07) is 8.53. The van der Waals surface area contributed by atoms with Crippen molar-refractivity contribution in [1.29, 1.82) is 0 Å². The van der Waals surface area contributed by atoms with Gasteiger partial charge in [0.15, 0.2) is 11.5 Å². The summed E-state index contributed by atoms with van der Waals surface area (Å²) in [6.07, 6.45) is -1.99. The Balaban J connectivity index is 0.000000406. The number of hydrogen-bond donors (Lipinski definition) is 3. The minimum atomic E-state index is -4.86. The van der Waals surface area contributed by atoms with Crippen molar-refractivity contribution in [3.63, 3.8) is 0 Å². The van der Waals surface area contributed by atoms with Gasteiger partial charge >= 0.3 is 12.1 Å². The molecular weight excluding hydrogens is 477 g/mol. The van der Waals surface area contributed by atoms with Gasteiger partial charge in [-0.25, -0.2) is 0 Å². The summed E-state index contributed by atoms with van der Waals surface area (Å²) in [5.41, 5.74) is 8.53. The molecule has 8 nitrogen and oxygen atoms in total. The van der Waals surface area contributed by atoms with Crippen LogP contribution < -0.4 is 20.5 Å². The van der Waals surface area contributed by atoms with Crippen molar-refractivity contribution in [2.24, 2.45) is 5.73 Å². The van der Waals surface area contributed by atoms with E-state index in [0.29, 0.717) is 0 Å². The number of rotatable bonds is 4. The van der Waals surface area contributed by atoms with Gasteiger partial charge in [0.25, 0.3) is 10.1 Å². The summed E-state index contributed by atoms with van der Waals surface area (Å²) < 4.78 is 75.4. The number of carbonyl (C=O) groups excluding carboxylic acids is 1. The first kappa shape index (κ1) is 25.8. The molecule has 2 heterocycles. The van der Waals surface area contributed by atoms with Crippen LogP contribution >= 0.6 is 0 Å². The molecule has 4 N–H and O–H groups in total. The molecular formula is C22H25F3N2O6S. The summed E-state index contributed by atoms with van der Waals surface area (Å²) in [6.45, 7) is 4.04. The van der Waals surface area contributed by atoms with Gasteiger partial charge in [0, 0.05) is 18.0 Å². The van der Waals surface area contributed by atoms with Crippen LogP contribution in [0, 0.1) is 0 Å². The lowest BCUT2D eigenvalue weighted by molar-refractivity contribution is -0.169. The Hall–Kier alpha value is -2.83. The number of carbonyl (C=O) groups is 1. The minimum Gasteiger partial charge on any atom is -0.454 e. The molecule has 0 saturated heterocycles. The first-order valence-corrected chi connectivity index (χ1v) is 12.0. The third-order valence-corrected chi connectivity index (χ3v) is 6.42. The van der Waals surface area contributed by atoms with Crippen LogP contribution in [-0.4, -0.2) is 44.9 Å². The number of ether oxygens (including phenoxy) is 2. The largest absolute Gasteiger partial charge is 0.470 e. The van der Waals surface area contributed by atoms with E-state index in [1.807, 2.05) is 0 Å². The second-order valence-corrected chi connectivity index (χ2v) is 9.24. The number of halogens is 3. The molecule has 1 unspecified atom stereocenters. The first-order valence-electron chi connectivity index (χ1n) is 10.5. The smallest absolute Gasteiger partial charge is 0.454 e. The fourth-order valence-corrected chi connectivity index (χ4v) is 4.51. The maximum Gasteiger partial charge on any atom is 0.470 e. The molecule has 0 fully saturated rings. The lowest BCUT2D eigenvalue weighted by atomic mass is 9.84. The Morgan fingerprint density at radius 2 is 1.88 bits per heavy atom. The molecule has 12 heteroatoms. The Labute approximate surface area is 195 Å². The van der Waals surface area contributed by atoms with Crippen LogP contribution in [0.3, 0.4) is 0 Å². The summed E-state index contributed by atoms with van der Waals surface area (Å²) in [5.74, 6) is -0.521. The molecule has 0 radical (unpaired) electrons. The van der Waals surface area contributed by atoms with Crippen molar-refractivity contribution in [2.45, 2.75) is 43.2 Å². The number of nitrogens with one attached hydrogen (secondary N) is 1. The standard InChI is InChI=1S/C20H23NO5S.C2H2F3NO/c1-2-3-16-15-8-9-21-11-18(17(15)10-19-20(16)26-12-25-19)13-4-6-14(7-5-13)27(22,23)24;3-2(4,5)1(6)7/h4-7,10,18,21H,2-3,8-9,11-12H2,1H3,(H,22,23,24);(H2,6,7). The molecule has 0 saturated carbocycles. The fourth-order valence-electron chi connectivity index (χ4n) is 4.03. The van der Waals surface area contributed by atoms with E-state index in [9.17, 15) is 26.1 Å². The van der Waals surface area contributed by atoms with E-state index in [0.717, 1.165) is 49.4 Å². The van der Waals surface area contributed by atoms with Crippen molar-refractivity contribution in [2.75, 3.05) is 19.9 Å². The molecule has 1 atom stereocenters. The molecule has 2 aromatic rings. The molecule has 0 bridgehead atoms. The van der Waals surface area contributed by atoms with Gasteiger partial charge in [-0.3, -0.25) is 9.35 Å². The van der Waals surface area contributed by atoms with Crippen molar-refractivity contribution in [3.8, 4) is 11.5 Å². The predicted octanol–water partition coefficient (Wildman–Crippen LogP) is 2.93. The lowest BCUT2D eigenvalue weighted by Crippen LogP contribution is -2.30. The van der Waals surface area contributed by atoms with E-state index < -0.39 is 22.2 Å². The van der Waals surface area contributed by atoms with Crippen LogP contribution in [0.2, 0.25) is 0 Å². The zero-order chi connectivity index (χ0) is 25.1. The van der Waals surface area contributed by atoms with Crippen molar-refractivity contribution >= 4 is 16.0 Å². The average Bonchev–Trinajstić information content (AvgIpc) is 3.12. The Kier molecular flexibility index (Phi) is 7.74. The molecule has 2 aliphatic heterocycles. The van der Waals surface area contributed by atoms with Crippen LogP contribution in [0.4, 0.5) is 13.2 Å². The third-order valence-electron chi connectivity index (χ3n) is 5.55. The van der Waals surface area contributed by atoms with E-state index >= 15 is 0 Å². The number of alkyl halides is 3. The first-order chi connectivity index (χ1) is 15.9. The van der Waals surface area contributed by atoms with Crippen LogP contribution in [0.15, 0.2) is 35.2 Å². The molecule has 0 spiro atoms. The molecule has 1 amide bonds. The monoisotopic (exact) mass is 502 g/mol. The zero-order valence-corrected chi connectivity index (χ0v) is 19.1. The summed E-state index contributed by atoms with van der Waals surface area (Å²) in [5, 5.41) is 3.48. The molecule has 2 aliphatic rings. The minimum absolute atomic E-state index is 0.0723. The number of hydrogen-bond acceptors (Lipinski definition) is 6. The average molecular weight is 503 g/mol. The van der Waals surface area contributed by atoms with E-state index in [1.165, 1.54) is 28.8 Å². The molecule has 34 heavy (non-hydrogen) atoms. The Bertz CT molecular complexity index is 1150. The number of amides is 1. The van der Waals surface area contributed by atoms with Gasteiger partial charge in [-0.05, 0) is 54.3 Å². The highest BCUT2D eigenvalue weighted by Gasteiger charge is 2.35. The molecule has 0 aliphatic carbocycles. The molecule has 186 valence electrons. The molecule has 2 aromatic carbocycles. The Morgan fingerprint density at radius 1 is 1.24 bits per heavy atom. The van der Waals surface area contributed by atoms with Gasteiger partial charge in [-0.2, -0.15) is 21.6 Å². The van der Waals surface area contributed by atoms with E-state index in [-0.39, 0.29) is 17.6 Å². The Morgan fingerprint density at radius 3 is 2.44 bits per heavy atom. The highest BCUT2D eigenvalue weighted by molar-refractivity contribution is 7.85. The number of primary amides is 1. The topological polar surface area (TPSA) is 128 Å². The van der Waals surface area contributed by atoms with Crippen LogP contribution in [-0.2, 0) is 27.8 Å². The third kappa shape index (κ3) is 5.80. The second kappa shape index (κ2) is 10.2. The van der Waals surface area contributed by atoms with Crippen molar-refractivity contribution in [3.05, 3.63) is 52.6 Å². The van der Waals surface area contributed by atoms with Gasteiger partial charge < -0.3 is 20.5 Å². The van der Waals surface area contributed by atoms with E-state index in [4.69, 9.17) is 14.3 Å². The maximum atomic E-state index is 11.3. The lowest BCUT2D eigenvalue weighted by Gasteiger charge is -2.21. The van der Waals surface area contributed by atoms with Crippen LogP contribution in [0.1, 0.15) is 41.5 Å². The van der Waals surface area contributed by atoms with Gasteiger partial charge in [-0.1, -0.05) is 25.5 Å². The summed E-state index contributed by atoms with van der Waals surface area (Å²) in [4.78, 5) is 9.03. The maximum absolute atomic E-state index is 11.3. The number of nitrogens with two attached hydrogens (primary N) is 1. The molecule has 0 aromatic heterocycles.